The summed E-state index contributed by atoms with van der Waals surface area (Å²) in [6.45, 7) is 12.5. The van der Waals surface area contributed by atoms with Gasteiger partial charge in [-0.1, -0.05) is 55.7 Å². The molecule has 0 radical (unpaired) electrons. The first-order valence-electron chi connectivity index (χ1n) is 13.0. The summed E-state index contributed by atoms with van der Waals surface area (Å²) in [6, 6.07) is 3.56. The van der Waals surface area contributed by atoms with Crippen molar-refractivity contribution >= 4 is 8.07 Å². The van der Waals surface area contributed by atoms with E-state index in [1.807, 2.05) is 13.8 Å². The van der Waals surface area contributed by atoms with Gasteiger partial charge in [0, 0.05) is 5.41 Å². The van der Waals surface area contributed by atoms with E-state index < -0.39 is 25.6 Å². The van der Waals surface area contributed by atoms with Gasteiger partial charge in [0.15, 0.2) is 5.79 Å². The van der Waals surface area contributed by atoms with Crippen LogP contribution in [-0.2, 0) is 9.47 Å². The predicted octanol–water partition coefficient (Wildman–Crippen LogP) is 5.43. The second-order valence-corrected chi connectivity index (χ2v) is 17.0. The average Bonchev–Trinajstić information content (AvgIpc) is 3.09. The van der Waals surface area contributed by atoms with Gasteiger partial charge in [-0.3, -0.25) is 0 Å². The molecule has 1 saturated carbocycles. The van der Waals surface area contributed by atoms with Crippen LogP contribution in [0, 0.1) is 11.3 Å². The van der Waals surface area contributed by atoms with Gasteiger partial charge in [-0.2, -0.15) is 0 Å². The fourth-order valence-electron chi connectivity index (χ4n) is 7.56. The molecule has 3 atom stereocenters. The van der Waals surface area contributed by atoms with E-state index in [2.05, 4.69) is 26.8 Å². The van der Waals surface area contributed by atoms with E-state index >= 15 is 0 Å². The molecule has 5 aliphatic rings. The van der Waals surface area contributed by atoms with Crippen molar-refractivity contribution in [3.05, 3.63) is 33.6 Å². The molecule has 32 heavy (non-hydrogen) atoms. The summed E-state index contributed by atoms with van der Waals surface area (Å²) in [5.41, 5.74) is 4.46. The molecule has 5 rings (SSSR count). The van der Waals surface area contributed by atoms with Crippen molar-refractivity contribution in [3.63, 3.8) is 0 Å². The summed E-state index contributed by atoms with van der Waals surface area (Å²) >= 11 is 0. The Morgan fingerprint density at radius 2 is 1.72 bits per heavy atom. The molecular formula is C27H42O4Si. The van der Waals surface area contributed by atoms with E-state index in [-0.39, 0.29) is 5.41 Å². The first-order valence-corrected chi connectivity index (χ1v) is 15.6. The van der Waals surface area contributed by atoms with Crippen LogP contribution in [0.3, 0.4) is 0 Å². The molecule has 0 aromatic heterocycles. The van der Waals surface area contributed by atoms with Gasteiger partial charge in [0.25, 0.3) is 0 Å². The van der Waals surface area contributed by atoms with Crippen LogP contribution in [0.25, 0.3) is 0 Å². The molecule has 1 aliphatic heterocycles. The second-order valence-electron chi connectivity index (χ2n) is 11.8. The van der Waals surface area contributed by atoms with Crippen LogP contribution in [0.4, 0.5) is 0 Å². The Morgan fingerprint density at radius 1 is 1.06 bits per heavy atom. The molecule has 5 heteroatoms. The van der Waals surface area contributed by atoms with E-state index in [0.717, 1.165) is 50.9 Å². The molecule has 0 amide bonds. The van der Waals surface area contributed by atoms with Crippen LogP contribution in [-0.4, -0.2) is 49.0 Å². The zero-order valence-electron chi connectivity index (χ0n) is 20.7. The Hall–Kier alpha value is -0.723. The largest absolute Gasteiger partial charge is 0.385 e. The molecule has 0 bridgehead atoms. The lowest BCUT2D eigenvalue weighted by Gasteiger charge is -2.55. The molecule has 4 aliphatic carbocycles. The van der Waals surface area contributed by atoms with E-state index in [0.29, 0.717) is 12.3 Å². The first kappa shape index (κ1) is 23.0. The molecule has 0 aromatic rings. The Labute approximate surface area is 194 Å². The minimum absolute atomic E-state index is 0.0406. The number of hydrogen-bond donors (Lipinski definition) is 2. The highest BCUT2D eigenvalue weighted by molar-refractivity contribution is 6.87. The lowest BCUT2D eigenvalue weighted by atomic mass is 9.57. The molecule has 1 saturated heterocycles. The van der Waals surface area contributed by atoms with Crippen molar-refractivity contribution < 1.29 is 19.7 Å². The Morgan fingerprint density at radius 3 is 2.34 bits per heavy atom. The summed E-state index contributed by atoms with van der Waals surface area (Å²) in [5, 5.41) is 24.2. The van der Waals surface area contributed by atoms with Crippen molar-refractivity contribution in [2.24, 2.45) is 11.3 Å². The third kappa shape index (κ3) is 3.22. The molecule has 0 aromatic carbocycles. The topological polar surface area (TPSA) is 58.9 Å². The van der Waals surface area contributed by atoms with Crippen LogP contribution in [0.1, 0.15) is 73.1 Å². The van der Waals surface area contributed by atoms with Crippen molar-refractivity contribution in [3.8, 4) is 0 Å². The summed E-state index contributed by atoms with van der Waals surface area (Å²) in [7, 11) is -1.76. The lowest BCUT2D eigenvalue weighted by Crippen LogP contribution is -2.60. The maximum atomic E-state index is 11.5. The molecule has 4 nitrogen and oxygen atoms in total. The number of aliphatic hydroxyl groups is 2. The molecule has 178 valence electrons. The van der Waals surface area contributed by atoms with Crippen LogP contribution < -0.4 is 0 Å². The van der Waals surface area contributed by atoms with Gasteiger partial charge in [-0.05, 0) is 75.0 Å². The van der Waals surface area contributed by atoms with Gasteiger partial charge >= 0.3 is 0 Å². The zero-order valence-corrected chi connectivity index (χ0v) is 21.7. The maximum Gasteiger partial charge on any atom is 0.162 e. The number of aliphatic hydroxyl groups excluding tert-OH is 1. The smallest absolute Gasteiger partial charge is 0.162 e. The van der Waals surface area contributed by atoms with Crippen LogP contribution in [0.5, 0.6) is 0 Å². The van der Waals surface area contributed by atoms with Crippen molar-refractivity contribution in [2.75, 3.05) is 13.2 Å². The highest BCUT2D eigenvalue weighted by Gasteiger charge is 2.59. The van der Waals surface area contributed by atoms with E-state index in [1.54, 1.807) is 5.57 Å². The van der Waals surface area contributed by atoms with Gasteiger partial charge in [0.2, 0.25) is 0 Å². The molecule has 1 heterocycles. The number of ether oxygens (including phenoxy) is 2. The third-order valence-corrected chi connectivity index (χ3v) is 15.4. The predicted molar refractivity (Wildman–Crippen MR) is 130 cm³/mol. The van der Waals surface area contributed by atoms with Gasteiger partial charge in [0.1, 0.15) is 11.7 Å². The SMILES string of the molecule is CC[Si](CC)(CC)/C1=C/C2=C(C[C@@H]3CCC[C@@]4(O)C3=C1[C@@H]4O)CC1(COC(C)(C)OC1)C2. The van der Waals surface area contributed by atoms with Crippen LogP contribution in [0.15, 0.2) is 33.6 Å². The summed E-state index contributed by atoms with van der Waals surface area (Å²) in [5.74, 6) is -0.123. The van der Waals surface area contributed by atoms with Crippen molar-refractivity contribution in [2.45, 2.75) is 109 Å². The van der Waals surface area contributed by atoms with Gasteiger partial charge < -0.3 is 19.7 Å². The molecule has 2 N–H and O–H groups in total. The van der Waals surface area contributed by atoms with E-state index in [4.69, 9.17) is 9.47 Å². The molecule has 1 spiro atoms. The van der Waals surface area contributed by atoms with Crippen LogP contribution in [0.2, 0.25) is 18.1 Å². The van der Waals surface area contributed by atoms with Gasteiger partial charge in [0.05, 0.1) is 21.3 Å². The first-order chi connectivity index (χ1) is 15.1. The Bertz CT molecular complexity index is 875. The van der Waals surface area contributed by atoms with Gasteiger partial charge in [-0.15, -0.1) is 0 Å². The van der Waals surface area contributed by atoms with E-state index in [1.165, 1.54) is 34.5 Å². The highest BCUT2D eigenvalue weighted by Crippen LogP contribution is 2.59. The van der Waals surface area contributed by atoms with Crippen molar-refractivity contribution in [1.29, 1.82) is 0 Å². The second kappa shape index (κ2) is 7.64. The average molecular weight is 459 g/mol. The summed E-state index contributed by atoms with van der Waals surface area (Å²) in [6.07, 6.45) is 7.72. The number of rotatable bonds is 4. The standard InChI is InChI=1S/C27H42O4Si/c1-6-32(7-2,8-3)21-13-20-15-26(16-30-25(4,5)31-17-26)14-19(20)12-18-10-9-11-27(29)23(18)22(21)24(27)28/h13,18,24,28-29H,6-12,14-17H2,1-5H3/b21-13+/t18-,24-,27+/m0/s1. The molecule has 0 unspecified atom stereocenters. The Kier molecular flexibility index (Phi) is 5.50. The van der Waals surface area contributed by atoms with Gasteiger partial charge in [-0.25, -0.2) is 0 Å². The summed E-state index contributed by atoms with van der Waals surface area (Å²) in [4.78, 5) is 0. The van der Waals surface area contributed by atoms with Crippen molar-refractivity contribution in [1.82, 2.24) is 0 Å². The lowest BCUT2D eigenvalue weighted by molar-refractivity contribution is -0.283. The normalized spacial score (nSPS) is 37.3. The quantitative estimate of drug-likeness (QED) is 0.552. The molecular weight excluding hydrogens is 416 g/mol. The minimum Gasteiger partial charge on any atom is -0.385 e. The summed E-state index contributed by atoms with van der Waals surface area (Å²) < 4.78 is 12.3. The van der Waals surface area contributed by atoms with E-state index in [9.17, 15) is 10.2 Å². The zero-order chi connectivity index (χ0) is 22.9. The Balaban J connectivity index is 1.60. The highest BCUT2D eigenvalue weighted by atomic mass is 28.3. The monoisotopic (exact) mass is 458 g/mol. The maximum absolute atomic E-state index is 11.5. The number of hydrogen-bond acceptors (Lipinski definition) is 4. The number of allylic oxidation sites excluding steroid dienone is 3. The molecule has 2 fully saturated rings. The fourth-order valence-corrected chi connectivity index (χ4v) is 11.5. The van der Waals surface area contributed by atoms with Crippen LogP contribution >= 0.6 is 0 Å². The fraction of sp³-hybridized carbons (Fsp3) is 0.778. The minimum atomic E-state index is -1.76. The third-order valence-electron chi connectivity index (χ3n) is 9.76.